The molecule has 0 fully saturated rings. The fourth-order valence-electron chi connectivity index (χ4n) is 2.57. The number of hydrogen-bond acceptors (Lipinski definition) is 4. The Morgan fingerprint density at radius 2 is 2.00 bits per heavy atom. The molecule has 2 aromatic carbocycles. The van der Waals surface area contributed by atoms with E-state index in [1.165, 1.54) is 5.56 Å². The number of hydrogen-bond donors (Lipinski definition) is 2. The van der Waals surface area contributed by atoms with Crippen molar-refractivity contribution in [2.24, 2.45) is 0 Å². The molecule has 2 N–H and O–H groups in total. The number of ether oxygens (including phenoxy) is 2. The number of aryl methyl sites for hydroxylation is 1. The minimum atomic E-state index is 0.0713. The van der Waals surface area contributed by atoms with E-state index in [4.69, 9.17) is 21.1 Å². The van der Waals surface area contributed by atoms with Gasteiger partial charge in [0.15, 0.2) is 11.5 Å². The minimum Gasteiger partial charge on any atom is -0.493 e. The van der Waals surface area contributed by atoms with Crippen LogP contribution < -0.4 is 14.8 Å². The molecule has 0 aromatic heterocycles. The summed E-state index contributed by atoms with van der Waals surface area (Å²) >= 11 is 6.41. The standard InChI is InChI=1S/C20H26ClNO3/c1-4-17(12-23)22-11-16-9-18(21)20(19(10-16)24-3)25-13-15-7-5-6-14(2)8-15/h5-10,17,22-23H,4,11-13H2,1-3H3/t17-/m1/s1. The van der Waals surface area contributed by atoms with Gasteiger partial charge in [-0.3, -0.25) is 0 Å². The molecule has 0 saturated carbocycles. The second kappa shape index (κ2) is 9.66. The van der Waals surface area contributed by atoms with Gasteiger partial charge in [0.1, 0.15) is 6.61 Å². The van der Waals surface area contributed by atoms with Crippen LogP contribution in [0.5, 0.6) is 11.5 Å². The molecular formula is C20H26ClNO3. The molecule has 1 atom stereocenters. The molecule has 0 amide bonds. The lowest BCUT2D eigenvalue weighted by molar-refractivity contribution is 0.238. The number of nitrogens with one attached hydrogen (secondary N) is 1. The molecule has 25 heavy (non-hydrogen) atoms. The first-order valence-corrected chi connectivity index (χ1v) is 8.84. The van der Waals surface area contributed by atoms with Crippen LogP contribution in [0.4, 0.5) is 0 Å². The molecule has 0 bridgehead atoms. The summed E-state index contributed by atoms with van der Waals surface area (Å²) in [5.74, 6) is 1.15. The first-order chi connectivity index (χ1) is 12.1. The van der Waals surface area contributed by atoms with Crippen LogP contribution in [0, 0.1) is 6.92 Å². The summed E-state index contributed by atoms with van der Waals surface area (Å²) in [5, 5.41) is 13.1. The van der Waals surface area contributed by atoms with Gasteiger partial charge < -0.3 is 19.9 Å². The van der Waals surface area contributed by atoms with E-state index in [2.05, 4.69) is 24.4 Å². The van der Waals surface area contributed by atoms with Crippen molar-refractivity contribution in [2.75, 3.05) is 13.7 Å². The molecule has 2 rings (SSSR count). The summed E-state index contributed by atoms with van der Waals surface area (Å²) in [5.41, 5.74) is 3.25. The zero-order valence-electron chi connectivity index (χ0n) is 15.0. The Morgan fingerprint density at radius 3 is 2.64 bits per heavy atom. The lowest BCUT2D eigenvalue weighted by Gasteiger charge is -2.17. The van der Waals surface area contributed by atoms with Gasteiger partial charge in [-0.15, -0.1) is 0 Å². The van der Waals surface area contributed by atoms with Crippen molar-refractivity contribution in [3.8, 4) is 11.5 Å². The predicted molar refractivity (Wildman–Crippen MR) is 102 cm³/mol. The van der Waals surface area contributed by atoms with Crippen LogP contribution in [0.25, 0.3) is 0 Å². The normalized spacial score (nSPS) is 12.0. The van der Waals surface area contributed by atoms with Gasteiger partial charge >= 0.3 is 0 Å². The Morgan fingerprint density at radius 1 is 1.20 bits per heavy atom. The number of methoxy groups -OCH3 is 1. The molecule has 0 heterocycles. The minimum absolute atomic E-state index is 0.0713. The van der Waals surface area contributed by atoms with Crippen molar-refractivity contribution < 1.29 is 14.6 Å². The van der Waals surface area contributed by atoms with Crippen LogP contribution in [-0.4, -0.2) is 24.9 Å². The number of halogens is 1. The second-order valence-electron chi connectivity index (χ2n) is 6.06. The Kier molecular flexibility index (Phi) is 7.56. The quantitative estimate of drug-likeness (QED) is 0.704. The van der Waals surface area contributed by atoms with Crippen molar-refractivity contribution in [3.63, 3.8) is 0 Å². The molecule has 0 aliphatic heterocycles. The van der Waals surface area contributed by atoms with Gasteiger partial charge in [-0.25, -0.2) is 0 Å². The zero-order valence-corrected chi connectivity index (χ0v) is 15.8. The van der Waals surface area contributed by atoms with E-state index in [1.54, 1.807) is 7.11 Å². The fourth-order valence-corrected chi connectivity index (χ4v) is 2.86. The Bertz CT molecular complexity index is 687. The smallest absolute Gasteiger partial charge is 0.180 e. The predicted octanol–water partition coefficient (Wildman–Crippen LogP) is 4.10. The lowest BCUT2D eigenvalue weighted by atomic mass is 10.1. The molecular weight excluding hydrogens is 338 g/mol. The Labute approximate surface area is 154 Å². The SMILES string of the molecule is CC[C@H](CO)NCc1cc(Cl)c(OCc2cccc(C)c2)c(OC)c1. The maximum Gasteiger partial charge on any atom is 0.180 e. The van der Waals surface area contributed by atoms with Gasteiger partial charge in [-0.05, 0) is 36.6 Å². The van der Waals surface area contributed by atoms with Crippen molar-refractivity contribution in [2.45, 2.75) is 39.5 Å². The summed E-state index contributed by atoms with van der Waals surface area (Å²) in [7, 11) is 1.60. The van der Waals surface area contributed by atoms with Crippen LogP contribution in [-0.2, 0) is 13.2 Å². The first kappa shape index (κ1) is 19.6. The number of aliphatic hydroxyl groups excluding tert-OH is 1. The van der Waals surface area contributed by atoms with E-state index in [-0.39, 0.29) is 12.6 Å². The molecule has 0 aliphatic carbocycles. The molecule has 4 nitrogen and oxygen atoms in total. The van der Waals surface area contributed by atoms with Gasteiger partial charge in [-0.1, -0.05) is 48.4 Å². The largest absolute Gasteiger partial charge is 0.493 e. The molecule has 5 heteroatoms. The summed E-state index contributed by atoms with van der Waals surface area (Å²) in [6, 6.07) is 12.0. The third-order valence-corrected chi connectivity index (χ3v) is 4.34. The topological polar surface area (TPSA) is 50.7 Å². The highest BCUT2D eigenvalue weighted by atomic mass is 35.5. The lowest BCUT2D eigenvalue weighted by Crippen LogP contribution is -2.31. The summed E-state index contributed by atoms with van der Waals surface area (Å²) < 4.78 is 11.4. The highest BCUT2D eigenvalue weighted by Crippen LogP contribution is 2.37. The Balaban J connectivity index is 2.10. The maximum atomic E-state index is 9.27. The van der Waals surface area contributed by atoms with E-state index < -0.39 is 0 Å². The first-order valence-electron chi connectivity index (χ1n) is 8.46. The summed E-state index contributed by atoms with van der Waals surface area (Å²) in [4.78, 5) is 0. The third kappa shape index (κ3) is 5.63. The van der Waals surface area contributed by atoms with Crippen LogP contribution in [0.3, 0.4) is 0 Å². The summed E-state index contributed by atoms with van der Waals surface area (Å²) in [6.07, 6.45) is 0.860. The van der Waals surface area contributed by atoms with Crippen LogP contribution >= 0.6 is 11.6 Å². The molecule has 2 aromatic rings. The van der Waals surface area contributed by atoms with Crippen LogP contribution in [0.2, 0.25) is 5.02 Å². The molecule has 0 radical (unpaired) electrons. The van der Waals surface area contributed by atoms with Gasteiger partial charge in [0.05, 0.1) is 18.7 Å². The molecule has 0 saturated heterocycles. The van der Waals surface area contributed by atoms with Gasteiger partial charge in [0.2, 0.25) is 0 Å². The molecule has 0 unspecified atom stereocenters. The van der Waals surface area contributed by atoms with E-state index in [1.807, 2.05) is 31.2 Å². The van der Waals surface area contributed by atoms with E-state index in [0.717, 1.165) is 17.5 Å². The number of aliphatic hydroxyl groups is 1. The maximum absolute atomic E-state index is 9.27. The van der Waals surface area contributed by atoms with Gasteiger partial charge in [0, 0.05) is 12.6 Å². The third-order valence-electron chi connectivity index (χ3n) is 4.06. The van der Waals surface area contributed by atoms with Gasteiger partial charge in [-0.2, -0.15) is 0 Å². The summed E-state index contributed by atoms with van der Waals surface area (Å²) in [6.45, 7) is 5.22. The van der Waals surface area contributed by atoms with Gasteiger partial charge in [0.25, 0.3) is 0 Å². The second-order valence-corrected chi connectivity index (χ2v) is 6.46. The molecule has 0 aliphatic rings. The van der Waals surface area contributed by atoms with E-state index in [9.17, 15) is 5.11 Å². The van der Waals surface area contributed by atoms with Crippen molar-refractivity contribution in [1.82, 2.24) is 5.32 Å². The van der Waals surface area contributed by atoms with Crippen LogP contribution in [0.15, 0.2) is 36.4 Å². The molecule has 0 spiro atoms. The highest BCUT2D eigenvalue weighted by Gasteiger charge is 2.13. The Hall–Kier alpha value is -1.75. The van der Waals surface area contributed by atoms with E-state index >= 15 is 0 Å². The average molecular weight is 364 g/mol. The van der Waals surface area contributed by atoms with Crippen molar-refractivity contribution in [1.29, 1.82) is 0 Å². The number of benzene rings is 2. The average Bonchev–Trinajstić information content (AvgIpc) is 2.61. The van der Waals surface area contributed by atoms with E-state index in [0.29, 0.717) is 29.7 Å². The molecule has 136 valence electrons. The van der Waals surface area contributed by atoms with Crippen LogP contribution in [0.1, 0.15) is 30.0 Å². The van der Waals surface area contributed by atoms with Crippen molar-refractivity contribution >= 4 is 11.6 Å². The monoisotopic (exact) mass is 363 g/mol. The fraction of sp³-hybridized carbons (Fsp3) is 0.400. The zero-order chi connectivity index (χ0) is 18.2. The number of rotatable bonds is 9. The highest BCUT2D eigenvalue weighted by molar-refractivity contribution is 6.32. The van der Waals surface area contributed by atoms with Crippen molar-refractivity contribution in [3.05, 3.63) is 58.1 Å².